The molecule has 0 spiro atoms. The summed E-state index contributed by atoms with van der Waals surface area (Å²) in [6.07, 6.45) is 0. The van der Waals surface area contributed by atoms with E-state index in [0.717, 1.165) is 5.54 Å². The van der Waals surface area contributed by atoms with E-state index in [1.807, 2.05) is 83.1 Å². The van der Waals surface area contributed by atoms with Crippen molar-refractivity contribution in [3.05, 3.63) is 63.9 Å². The molecule has 1 aliphatic carbocycles. The fourth-order valence-electron chi connectivity index (χ4n) is 2.65. The molecule has 0 amide bonds. The van der Waals surface area contributed by atoms with E-state index in [4.69, 9.17) is 22.9 Å². The SMILES string of the molecule is CC(C)(C)[NH-].CC(C)(C)[NH-].CC(C)(C)[NH-].CC(C)(C)[NH-].CC1=C(C)C([SiH](C)C)c2ccccc21.[Ti+4]. The summed E-state index contributed by atoms with van der Waals surface area (Å²) in [5.74, 6) is 0. The average molecular weight is 539 g/mol. The Morgan fingerprint density at radius 3 is 1.11 bits per heavy atom. The molecule has 4 N–H and O–H groups in total. The van der Waals surface area contributed by atoms with Gasteiger partial charge in [-0.05, 0) is 36.1 Å². The first kappa shape index (κ1) is 41.8. The largest absolute Gasteiger partial charge is 4.00 e. The molecule has 0 aliphatic heterocycles. The minimum absolute atomic E-state index is 0. The maximum atomic E-state index is 6.94. The molecular weight excluding hydrogens is 480 g/mol. The van der Waals surface area contributed by atoms with Crippen molar-refractivity contribution in [2.75, 3.05) is 0 Å². The van der Waals surface area contributed by atoms with Crippen molar-refractivity contribution in [2.45, 2.75) is 138 Å². The monoisotopic (exact) mass is 538 g/mol. The van der Waals surface area contributed by atoms with Crippen LogP contribution in [-0.2, 0) is 21.7 Å². The molecule has 0 saturated heterocycles. The van der Waals surface area contributed by atoms with Crippen LogP contribution in [0.2, 0.25) is 13.1 Å². The molecule has 1 aliphatic rings. The van der Waals surface area contributed by atoms with Crippen LogP contribution in [0.3, 0.4) is 0 Å². The van der Waals surface area contributed by atoms with Gasteiger partial charge in [0.2, 0.25) is 0 Å². The predicted molar refractivity (Wildman–Crippen MR) is 163 cm³/mol. The molecule has 0 bridgehead atoms. The van der Waals surface area contributed by atoms with E-state index in [-0.39, 0.29) is 43.9 Å². The van der Waals surface area contributed by atoms with Crippen LogP contribution in [0.15, 0.2) is 29.8 Å². The van der Waals surface area contributed by atoms with Crippen molar-refractivity contribution in [2.24, 2.45) is 0 Å². The first-order valence-electron chi connectivity index (χ1n) is 12.4. The molecule has 2 rings (SSSR count). The second kappa shape index (κ2) is 17.3. The zero-order valence-electron chi connectivity index (χ0n) is 26.0. The molecule has 0 aromatic heterocycles. The Morgan fingerprint density at radius 2 is 0.857 bits per heavy atom. The van der Waals surface area contributed by atoms with Gasteiger partial charge in [0.15, 0.2) is 0 Å². The van der Waals surface area contributed by atoms with Gasteiger partial charge in [-0.2, -0.15) is 0 Å². The normalized spacial score (nSPS) is 15.1. The smallest absolute Gasteiger partial charge is 0.673 e. The van der Waals surface area contributed by atoms with Crippen molar-refractivity contribution < 1.29 is 21.7 Å². The Hall–Kier alpha value is -0.269. The van der Waals surface area contributed by atoms with E-state index in [1.54, 1.807) is 11.1 Å². The van der Waals surface area contributed by atoms with Crippen molar-refractivity contribution in [1.82, 2.24) is 0 Å². The van der Waals surface area contributed by atoms with Crippen LogP contribution in [0.1, 0.15) is 114 Å². The maximum absolute atomic E-state index is 6.94. The zero-order valence-corrected chi connectivity index (χ0v) is 28.7. The molecular formula is C29H58N4SiTi. The Morgan fingerprint density at radius 1 is 0.600 bits per heavy atom. The van der Waals surface area contributed by atoms with E-state index < -0.39 is 8.80 Å². The first-order valence-corrected chi connectivity index (χ1v) is 15.4. The van der Waals surface area contributed by atoms with Crippen LogP contribution in [0.5, 0.6) is 0 Å². The van der Waals surface area contributed by atoms with Crippen LogP contribution >= 0.6 is 0 Å². The van der Waals surface area contributed by atoms with Gasteiger partial charge in [0.25, 0.3) is 0 Å². The number of hydrogen-bond donors (Lipinski definition) is 0. The second-order valence-corrected chi connectivity index (χ2v) is 16.8. The molecule has 1 aromatic rings. The second-order valence-electron chi connectivity index (χ2n) is 13.6. The molecule has 1 atom stereocenters. The summed E-state index contributed by atoms with van der Waals surface area (Å²) in [6.45, 7) is 31.7. The number of rotatable bonds is 1. The fourth-order valence-corrected chi connectivity index (χ4v) is 4.91. The molecule has 6 heteroatoms. The zero-order chi connectivity index (χ0) is 28.3. The van der Waals surface area contributed by atoms with Crippen LogP contribution < -0.4 is 0 Å². The predicted octanol–water partition coefficient (Wildman–Crippen LogP) is 10.9. The Labute approximate surface area is 236 Å². The van der Waals surface area contributed by atoms with Crippen LogP contribution in [0.4, 0.5) is 0 Å². The van der Waals surface area contributed by atoms with Gasteiger partial charge in [-0.25, -0.2) is 0 Å². The topological polar surface area (TPSA) is 95.2 Å². The Balaban J connectivity index is -0.000000193. The van der Waals surface area contributed by atoms with Gasteiger partial charge in [0.05, 0.1) is 0 Å². The van der Waals surface area contributed by atoms with Gasteiger partial charge < -0.3 is 22.9 Å². The molecule has 4 nitrogen and oxygen atoms in total. The number of fused-ring (bicyclic) bond motifs is 1. The molecule has 1 aromatic carbocycles. The fraction of sp³-hybridized carbons (Fsp3) is 0.724. The third-order valence-corrected chi connectivity index (χ3v) is 5.62. The van der Waals surface area contributed by atoms with Crippen molar-refractivity contribution >= 4 is 14.4 Å². The summed E-state index contributed by atoms with van der Waals surface area (Å²) in [6, 6.07) is 8.91. The number of allylic oxidation sites excluding steroid dienone is 2. The average Bonchev–Trinajstić information content (AvgIpc) is 2.72. The molecule has 35 heavy (non-hydrogen) atoms. The van der Waals surface area contributed by atoms with E-state index in [9.17, 15) is 0 Å². The summed E-state index contributed by atoms with van der Waals surface area (Å²) in [4.78, 5) is 0. The third kappa shape index (κ3) is 36.0. The summed E-state index contributed by atoms with van der Waals surface area (Å²) < 4.78 is 0. The van der Waals surface area contributed by atoms with Gasteiger partial charge >= 0.3 is 21.7 Å². The van der Waals surface area contributed by atoms with Crippen molar-refractivity contribution in [3.63, 3.8) is 0 Å². The Kier molecular flexibility index (Phi) is 20.7. The van der Waals surface area contributed by atoms with Crippen molar-refractivity contribution in [1.29, 1.82) is 0 Å². The van der Waals surface area contributed by atoms with Crippen LogP contribution in [-0.4, -0.2) is 31.0 Å². The van der Waals surface area contributed by atoms with Crippen molar-refractivity contribution in [3.8, 4) is 0 Å². The Bertz CT molecular complexity index is 644. The van der Waals surface area contributed by atoms with Gasteiger partial charge in [0.1, 0.15) is 0 Å². The minimum Gasteiger partial charge on any atom is -0.673 e. The first-order chi connectivity index (χ1) is 14.6. The maximum Gasteiger partial charge on any atom is 4.00 e. The van der Waals surface area contributed by atoms with Crippen LogP contribution in [0, 0.1) is 0 Å². The molecule has 0 saturated carbocycles. The van der Waals surface area contributed by atoms with E-state index in [0.29, 0.717) is 0 Å². The quantitative estimate of drug-likeness (QED) is 0.318. The van der Waals surface area contributed by atoms with Gasteiger partial charge in [-0.1, -0.05) is 126 Å². The summed E-state index contributed by atoms with van der Waals surface area (Å²) in [5.41, 5.74) is 33.8. The molecule has 0 heterocycles. The molecule has 0 radical (unpaired) electrons. The number of benzene rings is 1. The van der Waals surface area contributed by atoms with E-state index in [1.165, 1.54) is 11.1 Å². The molecule has 1 unspecified atom stereocenters. The minimum atomic E-state index is -0.614. The van der Waals surface area contributed by atoms with E-state index >= 15 is 0 Å². The third-order valence-electron chi connectivity index (χ3n) is 3.42. The van der Waals surface area contributed by atoms with Gasteiger partial charge in [-0.15, -0.1) is 22.2 Å². The molecule has 202 valence electrons. The summed E-state index contributed by atoms with van der Waals surface area (Å²) >= 11 is 0. The summed E-state index contributed by atoms with van der Waals surface area (Å²) in [5, 5.41) is 0. The number of nitrogens with one attached hydrogen (secondary N) is 4. The standard InChI is InChI=1S/C13H18Si.4C4H10N.Ti/c1-9-10(2)13(14(3)4)12-8-6-5-7-11(9)12;4*1-4(2,3)5;/h5-8,13-14H,1-4H3;4*5H,1-3H3;/q;4*-1;+4. The molecule has 0 fully saturated rings. The van der Waals surface area contributed by atoms with Gasteiger partial charge in [-0.3, -0.25) is 0 Å². The van der Waals surface area contributed by atoms with Gasteiger partial charge in [0, 0.05) is 8.80 Å². The van der Waals surface area contributed by atoms with Crippen LogP contribution in [0.25, 0.3) is 28.5 Å². The number of hydrogen-bond acceptors (Lipinski definition) is 0. The van der Waals surface area contributed by atoms with E-state index in [2.05, 4.69) is 51.2 Å². The summed E-state index contributed by atoms with van der Waals surface area (Å²) in [7, 11) is -0.614.